The molecule has 0 amide bonds. The van der Waals surface area contributed by atoms with E-state index in [1.165, 1.54) is 0 Å². The Morgan fingerprint density at radius 3 is 3.00 bits per heavy atom. The lowest BCUT2D eigenvalue weighted by molar-refractivity contribution is 0.924. The number of anilines is 1. The second-order valence-corrected chi connectivity index (χ2v) is 2.33. The lowest BCUT2D eigenvalue weighted by Gasteiger charge is -2.03. The number of nitriles is 1. The first kappa shape index (κ1) is 7.55. The zero-order valence-corrected chi connectivity index (χ0v) is 6.28. The van der Waals surface area contributed by atoms with Gasteiger partial charge in [0.25, 0.3) is 0 Å². The molecule has 0 fully saturated rings. The number of aromatic nitrogens is 1. The van der Waals surface area contributed by atoms with Crippen LogP contribution in [0.4, 0.5) is 5.69 Å². The maximum atomic E-state index is 8.57. The van der Waals surface area contributed by atoms with Gasteiger partial charge in [-0.1, -0.05) is 0 Å². The summed E-state index contributed by atoms with van der Waals surface area (Å²) in [5.41, 5.74) is 6.83. The molecule has 11 heavy (non-hydrogen) atoms. The van der Waals surface area contributed by atoms with Crippen LogP contribution in [-0.4, -0.2) is 4.98 Å². The van der Waals surface area contributed by atoms with E-state index in [0.29, 0.717) is 11.4 Å². The standard InChI is InChI=1S/C8H9N3/c1-6(5-9)8-7(10)3-2-4-11-8/h2-4,6H,10H2,1H3/t6-/m0/s1. The van der Waals surface area contributed by atoms with Crippen LogP contribution in [-0.2, 0) is 0 Å². The number of hydrogen-bond donors (Lipinski definition) is 1. The molecule has 1 rings (SSSR count). The van der Waals surface area contributed by atoms with Gasteiger partial charge >= 0.3 is 0 Å². The van der Waals surface area contributed by atoms with Crippen LogP contribution in [0.15, 0.2) is 18.3 Å². The van der Waals surface area contributed by atoms with E-state index in [2.05, 4.69) is 11.1 Å². The van der Waals surface area contributed by atoms with Crippen molar-refractivity contribution < 1.29 is 0 Å². The van der Waals surface area contributed by atoms with Gasteiger partial charge in [0.05, 0.1) is 23.4 Å². The van der Waals surface area contributed by atoms with Gasteiger partial charge in [-0.3, -0.25) is 4.98 Å². The summed E-state index contributed by atoms with van der Waals surface area (Å²) >= 11 is 0. The molecule has 1 aromatic rings. The first-order valence-electron chi connectivity index (χ1n) is 3.35. The Kier molecular flexibility index (Phi) is 2.07. The van der Waals surface area contributed by atoms with Crippen LogP contribution in [0.1, 0.15) is 18.5 Å². The van der Waals surface area contributed by atoms with Crippen LogP contribution >= 0.6 is 0 Å². The smallest absolute Gasteiger partial charge is 0.0877 e. The Morgan fingerprint density at radius 2 is 2.45 bits per heavy atom. The number of hydrogen-bond acceptors (Lipinski definition) is 3. The summed E-state index contributed by atoms with van der Waals surface area (Å²) in [6, 6.07) is 5.58. The van der Waals surface area contributed by atoms with Crippen molar-refractivity contribution in [1.29, 1.82) is 5.26 Å². The molecular weight excluding hydrogens is 138 g/mol. The van der Waals surface area contributed by atoms with Gasteiger partial charge in [-0.05, 0) is 19.1 Å². The van der Waals surface area contributed by atoms with Gasteiger partial charge < -0.3 is 5.73 Å². The lowest BCUT2D eigenvalue weighted by atomic mass is 10.1. The van der Waals surface area contributed by atoms with Crippen LogP contribution in [0.3, 0.4) is 0 Å². The van der Waals surface area contributed by atoms with Crippen LogP contribution in [0.25, 0.3) is 0 Å². The van der Waals surface area contributed by atoms with E-state index < -0.39 is 0 Å². The van der Waals surface area contributed by atoms with Crippen molar-refractivity contribution in [1.82, 2.24) is 4.98 Å². The van der Waals surface area contributed by atoms with Crippen molar-refractivity contribution in [3.8, 4) is 6.07 Å². The molecular formula is C8H9N3. The molecule has 0 aliphatic heterocycles. The molecule has 0 saturated heterocycles. The molecule has 2 N–H and O–H groups in total. The highest BCUT2D eigenvalue weighted by atomic mass is 14.7. The summed E-state index contributed by atoms with van der Waals surface area (Å²) in [6.07, 6.45) is 1.64. The number of rotatable bonds is 1. The molecule has 1 atom stereocenters. The SMILES string of the molecule is C[C@@H](C#N)c1ncccc1N. The summed E-state index contributed by atoms with van der Waals surface area (Å²) in [5, 5.41) is 8.57. The minimum atomic E-state index is -0.226. The van der Waals surface area contributed by atoms with Crippen molar-refractivity contribution in [2.45, 2.75) is 12.8 Å². The van der Waals surface area contributed by atoms with E-state index in [9.17, 15) is 0 Å². The normalized spacial score (nSPS) is 12.0. The zero-order chi connectivity index (χ0) is 8.27. The summed E-state index contributed by atoms with van der Waals surface area (Å²) in [7, 11) is 0. The van der Waals surface area contributed by atoms with E-state index in [-0.39, 0.29) is 5.92 Å². The lowest BCUT2D eigenvalue weighted by Crippen LogP contribution is -1.99. The second-order valence-electron chi connectivity index (χ2n) is 2.33. The largest absolute Gasteiger partial charge is 0.397 e. The van der Waals surface area contributed by atoms with Crippen molar-refractivity contribution in [2.24, 2.45) is 0 Å². The molecule has 0 aromatic carbocycles. The third-order valence-corrected chi connectivity index (χ3v) is 1.48. The van der Waals surface area contributed by atoms with Crippen molar-refractivity contribution in [3.05, 3.63) is 24.0 Å². The number of nitrogens with two attached hydrogens (primary N) is 1. The van der Waals surface area contributed by atoms with Gasteiger partial charge in [0.15, 0.2) is 0 Å². The molecule has 0 saturated carbocycles. The minimum absolute atomic E-state index is 0.226. The minimum Gasteiger partial charge on any atom is -0.397 e. The molecule has 0 unspecified atom stereocenters. The number of nitrogens with zero attached hydrogens (tertiary/aromatic N) is 2. The molecule has 0 bridgehead atoms. The average molecular weight is 147 g/mol. The van der Waals surface area contributed by atoms with Crippen molar-refractivity contribution in [2.75, 3.05) is 5.73 Å². The number of pyridine rings is 1. The van der Waals surface area contributed by atoms with E-state index in [1.54, 1.807) is 25.3 Å². The average Bonchev–Trinajstić information content (AvgIpc) is 2.04. The Hall–Kier alpha value is -1.56. The first-order chi connectivity index (χ1) is 5.25. The quantitative estimate of drug-likeness (QED) is 0.651. The summed E-state index contributed by atoms with van der Waals surface area (Å²) < 4.78 is 0. The maximum absolute atomic E-state index is 8.57. The fraction of sp³-hybridized carbons (Fsp3) is 0.250. The maximum Gasteiger partial charge on any atom is 0.0877 e. The van der Waals surface area contributed by atoms with Crippen molar-refractivity contribution in [3.63, 3.8) is 0 Å². The molecule has 1 aromatic heterocycles. The van der Waals surface area contributed by atoms with Crippen LogP contribution in [0.2, 0.25) is 0 Å². The molecule has 56 valence electrons. The topological polar surface area (TPSA) is 62.7 Å². The molecule has 0 aliphatic rings. The monoisotopic (exact) mass is 147 g/mol. The van der Waals surface area contributed by atoms with E-state index in [4.69, 9.17) is 11.0 Å². The Morgan fingerprint density at radius 1 is 1.73 bits per heavy atom. The molecule has 0 spiro atoms. The summed E-state index contributed by atoms with van der Waals surface area (Å²) in [4.78, 5) is 4.00. The van der Waals surface area contributed by atoms with Gasteiger partial charge in [-0.25, -0.2) is 0 Å². The summed E-state index contributed by atoms with van der Waals surface area (Å²) in [5.74, 6) is -0.226. The highest BCUT2D eigenvalue weighted by Crippen LogP contribution is 2.17. The van der Waals surface area contributed by atoms with E-state index in [1.807, 2.05) is 0 Å². The third kappa shape index (κ3) is 1.47. The molecule has 3 heteroatoms. The van der Waals surface area contributed by atoms with E-state index in [0.717, 1.165) is 0 Å². The fourth-order valence-electron chi connectivity index (χ4n) is 0.853. The molecule has 0 radical (unpaired) electrons. The van der Waals surface area contributed by atoms with E-state index >= 15 is 0 Å². The van der Waals surface area contributed by atoms with Gasteiger partial charge in [0.1, 0.15) is 0 Å². The van der Waals surface area contributed by atoms with Gasteiger partial charge in [0, 0.05) is 6.20 Å². The second kappa shape index (κ2) is 3.02. The predicted molar refractivity (Wildman–Crippen MR) is 42.7 cm³/mol. The number of nitrogen functional groups attached to an aromatic ring is 1. The van der Waals surface area contributed by atoms with Crippen molar-refractivity contribution >= 4 is 5.69 Å². The predicted octanol–water partition coefficient (Wildman–Crippen LogP) is 1.29. The molecule has 1 heterocycles. The Bertz CT molecular complexity index is 288. The summed E-state index contributed by atoms with van der Waals surface area (Å²) in [6.45, 7) is 1.78. The Labute approximate surface area is 65.5 Å². The van der Waals surface area contributed by atoms with Gasteiger partial charge in [-0.15, -0.1) is 0 Å². The van der Waals surface area contributed by atoms with Crippen LogP contribution < -0.4 is 5.73 Å². The van der Waals surface area contributed by atoms with Gasteiger partial charge in [0.2, 0.25) is 0 Å². The van der Waals surface area contributed by atoms with Gasteiger partial charge in [-0.2, -0.15) is 5.26 Å². The van der Waals surface area contributed by atoms with Crippen LogP contribution in [0.5, 0.6) is 0 Å². The first-order valence-corrected chi connectivity index (χ1v) is 3.35. The molecule has 3 nitrogen and oxygen atoms in total. The molecule has 0 aliphatic carbocycles. The zero-order valence-electron chi connectivity index (χ0n) is 6.28. The Balaban J connectivity index is 3.05. The third-order valence-electron chi connectivity index (χ3n) is 1.48. The highest BCUT2D eigenvalue weighted by Gasteiger charge is 2.07. The fourth-order valence-corrected chi connectivity index (χ4v) is 0.853. The highest BCUT2D eigenvalue weighted by molar-refractivity contribution is 5.45. The van der Waals surface area contributed by atoms with Crippen LogP contribution in [0, 0.1) is 11.3 Å².